The van der Waals surface area contributed by atoms with Crippen molar-refractivity contribution in [2.24, 2.45) is 0 Å². The van der Waals surface area contributed by atoms with Gasteiger partial charge in [-0.05, 0) is 24.3 Å². The van der Waals surface area contributed by atoms with E-state index in [2.05, 4.69) is 0 Å². The molecule has 23 heavy (non-hydrogen) atoms. The Morgan fingerprint density at radius 3 is 2.39 bits per heavy atom. The van der Waals surface area contributed by atoms with Gasteiger partial charge in [-0.2, -0.15) is 0 Å². The molecule has 0 heterocycles. The van der Waals surface area contributed by atoms with Crippen LogP contribution in [-0.2, 0) is 0 Å². The van der Waals surface area contributed by atoms with Crippen LogP contribution in [0.5, 0.6) is 17.2 Å². The van der Waals surface area contributed by atoms with Gasteiger partial charge in [0.25, 0.3) is 5.91 Å². The summed E-state index contributed by atoms with van der Waals surface area (Å²) in [5.41, 5.74) is 0.496. The second-order valence-electron chi connectivity index (χ2n) is 4.95. The lowest BCUT2D eigenvalue weighted by Crippen LogP contribution is -2.31. The van der Waals surface area contributed by atoms with Gasteiger partial charge in [-0.3, -0.25) is 4.79 Å². The quantitative estimate of drug-likeness (QED) is 0.788. The minimum Gasteiger partial charge on any atom is -0.497 e. The molecule has 0 saturated heterocycles. The summed E-state index contributed by atoms with van der Waals surface area (Å²) in [5, 5.41) is 0. The maximum Gasteiger partial charge on any atom is 0.257 e. The van der Waals surface area contributed by atoms with E-state index in [4.69, 9.17) is 14.2 Å². The summed E-state index contributed by atoms with van der Waals surface area (Å²) in [6.45, 7) is 0.896. The number of carbonyl (C=O) groups excluding carboxylic acids is 1. The monoisotopic (exact) mass is 315 g/mol. The van der Waals surface area contributed by atoms with Crippen molar-refractivity contribution in [2.45, 2.75) is 0 Å². The Hall–Kier alpha value is -2.69. The minimum atomic E-state index is -0.124. The molecule has 122 valence electrons. The maximum absolute atomic E-state index is 12.5. The molecule has 2 rings (SSSR count). The number of para-hydroxylation sites is 1. The lowest BCUT2D eigenvalue weighted by Gasteiger charge is -2.19. The van der Waals surface area contributed by atoms with E-state index >= 15 is 0 Å². The van der Waals surface area contributed by atoms with Crippen LogP contribution in [0.4, 0.5) is 0 Å². The highest BCUT2D eigenvalue weighted by Gasteiger charge is 2.17. The summed E-state index contributed by atoms with van der Waals surface area (Å²) < 4.78 is 16.0. The first kappa shape index (κ1) is 16.7. The molecule has 0 N–H and O–H groups in total. The molecule has 0 fully saturated rings. The maximum atomic E-state index is 12.5. The smallest absolute Gasteiger partial charge is 0.257 e. The van der Waals surface area contributed by atoms with E-state index in [0.717, 1.165) is 5.75 Å². The van der Waals surface area contributed by atoms with E-state index in [-0.39, 0.29) is 5.91 Å². The van der Waals surface area contributed by atoms with Gasteiger partial charge < -0.3 is 19.1 Å². The number of nitrogens with zero attached hydrogens (tertiary/aromatic N) is 1. The minimum absolute atomic E-state index is 0.124. The molecule has 0 aliphatic heterocycles. The van der Waals surface area contributed by atoms with Crippen LogP contribution >= 0.6 is 0 Å². The summed E-state index contributed by atoms with van der Waals surface area (Å²) in [6.07, 6.45) is 0. The van der Waals surface area contributed by atoms with Gasteiger partial charge in [-0.1, -0.05) is 18.2 Å². The Labute approximate surface area is 136 Å². The number of benzene rings is 2. The number of methoxy groups -OCH3 is 2. The molecule has 0 saturated carbocycles. The first-order valence-corrected chi connectivity index (χ1v) is 7.31. The van der Waals surface area contributed by atoms with E-state index in [1.165, 1.54) is 7.11 Å². The summed E-state index contributed by atoms with van der Waals surface area (Å²) in [6, 6.07) is 14.7. The third kappa shape index (κ3) is 4.39. The van der Waals surface area contributed by atoms with Crippen LogP contribution in [0.1, 0.15) is 10.4 Å². The molecule has 0 spiro atoms. The van der Waals surface area contributed by atoms with Gasteiger partial charge >= 0.3 is 0 Å². The molecular weight excluding hydrogens is 294 g/mol. The fourth-order valence-electron chi connectivity index (χ4n) is 2.10. The van der Waals surface area contributed by atoms with Gasteiger partial charge in [-0.15, -0.1) is 0 Å². The summed E-state index contributed by atoms with van der Waals surface area (Å²) in [5.74, 6) is 1.80. The van der Waals surface area contributed by atoms with E-state index < -0.39 is 0 Å². The van der Waals surface area contributed by atoms with E-state index in [1.54, 1.807) is 37.3 Å². The van der Waals surface area contributed by atoms with Crippen molar-refractivity contribution in [3.8, 4) is 17.2 Å². The third-order valence-corrected chi connectivity index (χ3v) is 3.42. The topological polar surface area (TPSA) is 48.0 Å². The molecule has 0 bridgehead atoms. The number of hydrogen-bond donors (Lipinski definition) is 0. The summed E-state index contributed by atoms with van der Waals surface area (Å²) >= 11 is 0. The highest BCUT2D eigenvalue weighted by molar-refractivity contribution is 5.97. The number of likely N-dealkylation sites (N-methyl/N-ethyl adjacent to an activating group) is 1. The van der Waals surface area contributed by atoms with Gasteiger partial charge in [0.15, 0.2) is 0 Å². The Kier molecular flexibility index (Phi) is 5.86. The van der Waals surface area contributed by atoms with Crippen molar-refractivity contribution in [2.75, 3.05) is 34.4 Å². The van der Waals surface area contributed by atoms with E-state index in [0.29, 0.717) is 30.2 Å². The molecule has 0 radical (unpaired) electrons. The Morgan fingerprint density at radius 1 is 1.00 bits per heavy atom. The second kappa shape index (κ2) is 8.08. The fourth-order valence-corrected chi connectivity index (χ4v) is 2.10. The first-order valence-electron chi connectivity index (χ1n) is 7.31. The zero-order valence-corrected chi connectivity index (χ0v) is 13.6. The zero-order valence-electron chi connectivity index (χ0n) is 13.6. The van der Waals surface area contributed by atoms with Gasteiger partial charge in [-0.25, -0.2) is 0 Å². The number of amides is 1. The SMILES string of the molecule is COc1ccc(C(=O)N(C)CCOc2ccccc2)c(OC)c1. The number of hydrogen-bond acceptors (Lipinski definition) is 4. The van der Waals surface area contributed by atoms with Crippen LogP contribution in [0, 0.1) is 0 Å². The van der Waals surface area contributed by atoms with Crippen LogP contribution in [-0.4, -0.2) is 45.2 Å². The van der Waals surface area contributed by atoms with Crippen LogP contribution in [0.3, 0.4) is 0 Å². The molecule has 0 aromatic heterocycles. The van der Waals surface area contributed by atoms with Crippen molar-refractivity contribution in [3.63, 3.8) is 0 Å². The normalized spacial score (nSPS) is 10.0. The molecule has 0 unspecified atom stereocenters. The first-order chi connectivity index (χ1) is 11.2. The lowest BCUT2D eigenvalue weighted by molar-refractivity contribution is 0.0770. The number of rotatable bonds is 7. The van der Waals surface area contributed by atoms with Gasteiger partial charge in [0, 0.05) is 13.1 Å². The largest absolute Gasteiger partial charge is 0.497 e. The highest BCUT2D eigenvalue weighted by Crippen LogP contribution is 2.25. The van der Waals surface area contributed by atoms with Crippen LogP contribution < -0.4 is 14.2 Å². The molecule has 2 aromatic carbocycles. The van der Waals surface area contributed by atoms with Gasteiger partial charge in [0.05, 0.1) is 26.3 Å². The van der Waals surface area contributed by atoms with Crippen molar-refractivity contribution >= 4 is 5.91 Å². The Morgan fingerprint density at radius 2 is 1.74 bits per heavy atom. The average molecular weight is 315 g/mol. The second-order valence-corrected chi connectivity index (χ2v) is 4.95. The standard InChI is InChI=1S/C18H21NO4/c1-19(11-12-23-14-7-5-4-6-8-14)18(20)16-10-9-15(21-2)13-17(16)22-3/h4-10,13H,11-12H2,1-3H3. The molecule has 0 aliphatic carbocycles. The van der Waals surface area contributed by atoms with Crippen LogP contribution in [0.25, 0.3) is 0 Å². The number of ether oxygens (including phenoxy) is 3. The third-order valence-electron chi connectivity index (χ3n) is 3.42. The van der Waals surface area contributed by atoms with Crippen molar-refractivity contribution in [1.82, 2.24) is 4.90 Å². The molecule has 0 atom stereocenters. The summed E-state index contributed by atoms with van der Waals surface area (Å²) in [7, 11) is 4.84. The van der Waals surface area contributed by atoms with Gasteiger partial charge in [0.1, 0.15) is 23.9 Å². The average Bonchev–Trinajstić information content (AvgIpc) is 2.61. The Balaban J connectivity index is 1.96. The Bertz CT molecular complexity index is 643. The highest BCUT2D eigenvalue weighted by atomic mass is 16.5. The number of carbonyl (C=O) groups is 1. The van der Waals surface area contributed by atoms with Crippen LogP contribution in [0.2, 0.25) is 0 Å². The van der Waals surface area contributed by atoms with Crippen molar-refractivity contribution in [3.05, 3.63) is 54.1 Å². The molecule has 0 aliphatic rings. The molecule has 5 nitrogen and oxygen atoms in total. The molecule has 2 aromatic rings. The molecular formula is C18H21NO4. The van der Waals surface area contributed by atoms with Crippen molar-refractivity contribution in [1.29, 1.82) is 0 Å². The predicted octanol–water partition coefficient (Wildman–Crippen LogP) is 2.85. The zero-order chi connectivity index (χ0) is 16.7. The van der Waals surface area contributed by atoms with E-state index in [1.807, 2.05) is 30.3 Å². The summed E-state index contributed by atoms with van der Waals surface area (Å²) in [4.78, 5) is 14.1. The molecule has 5 heteroatoms. The van der Waals surface area contributed by atoms with Crippen molar-refractivity contribution < 1.29 is 19.0 Å². The van der Waals surface area contributed by atoms with E-state index in [9.17, 15) is 4.79 Å². The fraction of sp³-hybridized carbons (Fsp3) is 0.278. The van der Waals surface area contributed by atoms with Crippen LogP contribution in [0.15, 0.2) is 48.5 Å². The predicted molar refractivity (Wildman–Crippen MR) is 88.4 cm³/mol. The van der Waals surface area contributed by atoms with Gasteiger partial charge in [0.2, 0.25) is 0 Å². The molecule has 1 amide bonds. The lowest BCUT2D eigenvalue weighted by atomic mass is 10.1.